The quantitative estimate of drug-likeness (QED) is 0.508. The van der Waals surface area contributed by atoms with Gasteiger partial charge in [-0.2, -0.15) is 0 Å². The lowest BCUT2D eigenvalue weighted by Gasteiger charge is -2.31. The van der Waals surface area contributed by atoms with Crippen molar-refractivity contribution in [3.8, 4) is 5.69 Å². The van der Waals surface area contributed by atoms with Crippen molar-refractivity contribution >= 4 is 17.7 Å². The molecule has 2 heterocycles. The van der Waals surface area contributed by atoms with Crippen LogP contribution in [0.1, 0.15) is 29.2 Å². The molecule has 1 aromatic heterocycles. The number of aryl methyl sites for hydroxylation is 2. The number of carbonyl (C=O) groups is 1. The molecule has 2 aromatic carbocycles. The summed E-state index contributed by atoms with van der Waals surface area (Å²) in [5.74, 6) is 0.329. The molecule has 1 fully saturated rings. The highest BCUT2D eigenvalue weighted by Crippen LogP contribution is 2.22. The van der Waals surface area contributed by atoms with Gasteiger partial charge in [0.2, 0.25) is 5.91 Å². The Morgan fingerprint density at radius 3 is 2.76 bits per heavy atom. The highest BCUT2D eigenvalue weighted by molar-refractivity contribution is 7.99. The van der Waals surface area contributed by atoms with Crippen LogP contribution in [-0.4, -0.2) is 51.9 Å². The van der Waals surface area contributed by atoms with E-state index < -0.39 is 0 Å². The van der Waals surface area contributed by atoms with E-state index in [2.05, 4.69) is 78.4 Å². The molecule has 174 valence electrons. The second-order valence-corrected chi connectivity index (χ2v) is 9.67. The van der Waals surface area contributed by atoms with Crippen LogP contribution in [0.2, 0.25) is 0 Å². The van der Waals surface area contributed by atoms with Crippen LogP contribution >= 0.6 is 11.8 Å². The van der Waals surface area contributed by atoms with Crippen molar-refractivity contribution < 1.29 is 9.53 Å². The van der Waals surface area contributed by atoms with Crippen LogP contribution in [-0.2, 0) is 22.6 Å². The van der Waals surface area contributed by atoms with E-state index >= 15 is 0 Å². The summed E-state index contributed by atoms with van der Waals surface area (Å²) < 4.78 is 7.67. The molecule has 0 spiro atoms. The van der Waals surface area contributed by atoms with E-state index in [1.165, 1.54) is 28.5 Å². The van der Waals surface area contributed by atoms with Gasteiger partial charge in [0.1, 0.15) is 0 Å². The highest BCUT2D eigenvalue weighted by Gasteiger charge is 2.16. The summed E-state index contributed by atoms with van der Waals surface area (Å²) in [5.41, 5.74) is 5.86. The van der Waals surface area contributed by atoms with E-state index in [1.54, 1.807) is 6.20 Å². The molecule has 7 heteroatoms. The largest absolute Gasteiger partial charge is 0.376 e. The first kappa shape index (κ1) is 23.5. The lowest BCUT2D eigenvalue weighted by molar-refractivity contribution is -0.118. The molecule has 4 rings (SSSR count). The molecule has 33 heavy (non-hydrogen) atoms. The first-order valence-corrected chi connectivity index (χ1v) is 12.4. The third-order valence-corrected chi connectivity index (χ3v) is 6.60. The number of nitrogens with zero attached hydrogens (tertiary/aromatic N) is 3. The van der Waals surface area contributed by atoms with Gasteiger partial charge in [-0.3, -0.25) is 14.3 Å². The smallest absolute Gasteiger partial charge is 0.230 e. The maximum Gasteiger partial charge on any atom is 0.230 e. The SMILES string of the molecule is Cc1cc(C)cc(-n2ccnc2SCC(=O)NCc2cccc(CN3CCOC(C)C3)c2)c1. The maximum atomic E-state index is 12.5. The van der Waals surface area contributed by atoms with E-state index in [1.807, 2.05) is 10.8 Å². The fraction of sp³-hybridized carbons (Fsp3) is 0.385. The second-order valence-electron chi connectivity index (χ2n) is 8.73. The van der Waals surface area contributed by atoms with Crippen molar-refractivity contribution in [1.82, 2.24) is 19.8 Å². The van der Waals surface area contributed by atoms with Crippen molar-refractivity contribution in [3.63, 3.8) is 0 Å². The molecular formula is C26H32N4O2S. The summed E-state index contributed by atoms with van der Waals surface area (Å²) in [7, 11) is 0. The first-order chi connectivity index (χ1) is 16.0. The van der Waals surface area contributed by atoms with Crippen LogP contribution < -0.4 is 5.32 Å². The van der Waals surface area contributed by atoms with E-state index in [0.29, 0.717) is 12.3 Å². The Bertz CT molecular complexity index is 1080. The average molecular weight is 465 g/mol. The number of carbonyl (C=O) groups excluding carboxylic acids is 1. The lowest BCUT2D eigenvalue weighted by atomic mass is 10.1. The molecule has 1 unspecified atom stereocenters. The van der Waals surface area contributed by atoms with Gasteiger partial charge in [-0.1, -0.05) is 42.1 Å². The molecule has 1 aliphatic rings. The third-order valence-electron chi connectivity index (χ3n) is 5.64. The zero-order valence-electron chi connectivity index (χ0n) is 19.6. The minimum absolute atomic E-state index is 0.00220. The van der Waals surface area contributed by atoms with Crippen LogP contribution in [0, 0.1) is 13.8 Å². The van der Waals surface area contributed by atoms with Crippen molar-refractivity contribution in [3.05, 3.63) is 77.1 Å². The molecule has 0 bridgehead atoms. The highest BCUT2D eigenvalue weighted by atomic mass is 32.2. The first-order valence-electron chi connectivity index (χ1n) is 11.4. The number of imidazole rings is 1. The molecule has 0 radical (unpaired) electrons. The normalized spacial score (nSPS) is 16.6. The van der Waals surface area contributed by atoms with Crippen LogP contribution in [0.15, 0.2) is 60.0 Å². The molecule has 0 saturated carbocycles. The van der Waals surface area contributed by atoms with Gasteiger partial charge >= 0.3 is 0 Å². The van der Waals surface area contributed by atoms with Crippen molar-refractivity contribution in [2.75, 3.05) is 25.4 Å². The second kappa shape index (κ2) is 11.0. The van der Waals surface area contributed by atoms with Gasteiger partial charge in [0, 0.05) is 44.3 Å². The van der Waals surface area contributed by atoms with Gasteiger partial charge in [-0.05, 0) is 55.2 Å². The van der Waals surface area contributed by atoms with Gasteiger partial charge < -0.3 is 10.1 Å². The van der Waals surface area contributed by atoms with E-state index in [0.717, 1.165) is 42.6 Å². The Morgan fingerprint density at radius 2 is 1.97 bits per heavy atom. The predicted molar refractivity (Wildman–Crippen MR) is 133 cm³/mol. The van der Waals surface area contributed by atoms with Gasteiger partial charge in [0.05, 0.1) is 18.5 Å². The number of hydrogen-bond donors (Lipinski definition) is 1. The number of rotatable bonds is 8. The van der Waals surface area contributed by atoms with Crippen molar-refractivity contribution in [2.45, 2.75) is 45.1 Å². The molecule has 3 aromatic rings. The monoisotopic (exact) mass is 464 g/mol. The molecule has 1 atom stereocenters. The zero-order chi connectivity index (χ0) is 23.2. The van der Waals surface area contributed by atoms with Crippen LogP contribution in [0.25, 0.3) is 5.69 Å². The van der Waals surface area contributed by atoms with E-state index in [9.17, 15) is 4.79 Å². The fourth-order valence-electron chi connectivity index (χ4n) is 4.19. The van der Waals surface area contributed by atoms with Gasteiger partial charge in [-0.25, -0.2) is 4.98 Å². The number of aromatic nitrogens is 2. The van der Waals surface area contributed by atoms with Crippen LogP contribution in [0.5, 0.6) is 0 Å². The van der Waals surface area contributed by atoms with Gasteiger partial charge in [0.25, 0.3) is 0 Å². The minimum atomic E-state index is 0.00220. The van der Waals surface area contributed by atoms with Crippen LogP contribution in [0.4, 0.5) is 0 Å². The summed E-state index contributed by atoms with van der Waals surface area (Å²) in [6, 6.07) is 14.9. The maximum absolute atomic E-state index is 12.5. The predicted octanol–water partition coefficient (Wildman–Crippen LogP) is 4.12. The fourth-order valence-corrected chi connectivity index (χ4v) is 5.00. The van der Waals surface area contributed by atoms with Crippen LogP contribution in [0.3, 0.4) is 0 Å². The third kappa shape index (κ3) is 6.69. The Labute approximate surface area is 200 Å². The number of thioether (sulfide) groups is 1. The Balaban J connectivity index is 1.29. The number of nitrogens with one attached hydrogen (secondary N) is 1. The van der Waals surface area contributed by atoms with Gasteiger partial charge in [-0.15, -0.1) is 0 Å². The summed E-state index contributed by atoms with van der Waals surface area (Å²) in [5, 5.41) is 3.86. The summed E-state index contributed by atoms with van der Waals surface area (Å²) in [6.07, 6.45) is 4.00. The Morgan fingerprint density at radius 1 is 1.18 bits per heavy atom. The number of morpholine rings is 1. The lowest BCUT2D eigenvalue weighted by Crippen LogP contribution is -2.40. The number of ether oxygens (including phenoxy) is 1. The number of hydrogen-bond acceptors (Lipinski definition) is 5. The number of amides is 1. The van der Waals surface area contributed by atoms with Crippen molar-refractivity contribution in [1.29, 1.82) is 0 Å². The zero-order valence-corrected chi connectivity index (χ0v) is 20.4. The molecule has 1 N–H and O–H groups in total. The molecule has 6 nitrogen and oxygen atoms in total. The topological polar surface area (TPSA) is 59.4 Å². The summed E-state index contributed by atoms with van der Waals surface area (Å²) in [4.78, 5) is 19.4. The Hall–Kier alpha value is -2.61. The average Bonchev–Trinajstić information content (AvgIpc) is 3.25. The van der Waals surface area contributed by atoms with E-state index in [-0.39, 0.29) is 12.0 Å². The Kier molecular flexibility index (Phi) is 7.85. The minimum Gasteiger partial charge on any atom is -0.376 e. The molecular weight excluding hydrogens is 432 g/mol. The molecule has 0 aliphatic carbocycles. The van der Waals surface area contributed by atoms with Gasteiger partial charge in [0.15, 0.2) is 5.16 Å². The van der Waals surface area contributed by atoms with Crippen molar-refractivity contribution in [2.24, 2.45) is 0 Å². The summed E-state index contributed by atoms with van der Waals surface area (Å²) in [6.45, 7) is 10.4. The standard InChI is InChI=1S/C26H32N4O2S/c1-19-11-20(2)13-24(12-19)30-8-7-27-26(30)33-18-25(31)28-15-22-5-4-6-23(14-22)17-29-9-10-32-21(3)16-29/h4-8,11-14,21H,9-10,15-18H2,1-3H3,(H,28,31). The molecule has 1 saturated heterocycles. The summed E-state index contributed by atoms with van der Waals surface area (Å²) >= 11 is 1.45. The molecule has 1 amide bonds. The molecule has 1 aliphatic heterocycles. The number of benzene rings is 2. The van der Waals surface area contributed by atoms with E-state index in [4.69, 9.17) is 4.74 Å².